The van der Waals surface area contributed by atoms with Crippen LogP contribution in [0.15, 0.2) is 6.20 Å². The summed E-state index contributed by atoms with van der Waals surface area (Å²) >= 11 is 0. The number of nitrogens with zero attached hydrogens (tertiary/aromatic N) is 2. The van der Waals surface area contributed by atoms with E-state index >= 15 is 0 Å². The summed E-state index contributed by atoms with van der Waals surface area (Å²) in [6.45, 7) is 5.52. The third-order valence-corrected chi connectivity index (χ3v) is 2.45. The zero-order valence-corrected chi connectivity index (χ0v) is 11.3. The lowest BCUT2D eigenvalue weighted by Gasteiger charge is -2.13. The molecule has 0 spiro atoms. The van der Waals surface area contributed by atoms with Crippen LogP contribution in [0.2, 0.25) is 0 Å². The molecule has 19 heavy (non-hydrogen) atoms. The summed E-state index contributed by atoms with van der Waals surface area (Å²) in [6, 6.07) is -0.373. The Kier molecular flexibility index (Phi) is 4.80. The highest BCUT2D eigenvalue weighted by atomic mass is 16.2. The molecule has 1 unspecified atom stereocenters. The van der Waals surface area contributed by atoms with Crippen LogP contribution in [0.3, 0.4) is 0 Å². The zero-order chi connectivity index (χ0) is 14.6. The third-order valence-electron chi connectivity index (χ3n) is 2.45. The largest absolute Gasteiger partial charge is 0.396 e. The molecule has 104 valence electrons. The summed E-state index contributed by atoms with van der Waals surface area (Å²) < 4.78 is 0. The average Bonchev–Trinajstić information content (AvgIpc) is 2.27. The maximum Gasteiger partial charge on any atom is 0.272 e. The first-order valence-corrected chi connectivity index (χ1v) is 6.02. The van der Waals surface area contributed by atoms with E-state index < -0.39 is 11.8 Å². The molecule has 0 aliphatic heterocycles. The first-order valence-electron chi connectivity index (χ1n) is 6.02. The summed E-state index contributed by atoms with van der Waals surface area (Å²) in [7, 11) is 0. The molecule has 0 aliphatic carbocycles. The number of aromatic nitrogens is 2. The fraction of sp³-hybridized carbons (Fsp3) is 0.500. The topological polar surface area (TPSA) is 124 Å². The molecular formula is C12H19N5O2. The summed E-state index contributed by atoms with van der Waals surface area (Å²) in [4.78, 5) is 31.0. The predicted molar refractivity (Wildman–Crippen MR) is 71.3 cm³/mol. The van der Waals surface area contributed by atoms with Crippen LogP contribution in [0.1, 0.15) is 49.4 Å². The Morgan fingerprint density at radius 1 is 1.37 bits per heavy atom. The minimum absolute atomic E-state index is 0.0633. The van der Waals surface area contributed by atoms with Gasteiger partial charge in [-0.25, -0.2) is 9.97 Å². The third kappa shape index (κ3) is 4.20. The number of nitrogen functional groups attached to an aromatic ring is 1. The van der Waals surface area contributed by atoms with Gasteiger partial charge in [-0.1, -0.05) is 13.8 Å². The van der Waals surface area contributed by atoms with Crippen LogP contribution in [0.25, 0.3) is 0 Å². The van der Waals surface area contributed by atoms with E-state index in [0.717, 1.165) is 0 Å². The van der Waals surface area contributed by atoms with Gasteiger partial charge in [-0.05, 0) is 6.92 Å². The zero-order valence-electron chi connectivity index (χ0n) is 11.3. The molecule has 0 saturated carbocycles. The molecule has 0 radical (unpaired) electrons. The van der Waals surface area contributed by atoms with Crippen LogP contribution >= 0.6 is 0 Å². The second-order valence-electron chi connectivity index (χ2n) is 4.73. The number of nitrogens with one attached hydrogen (secondary N) is 1. The number of carbonyl (C=O) groups excluding carboxylic acids is 2. The van der Waals surface area contributed by atoms with Gasteiger partial charge in [0.05, 0.1) is 11.9 Å². The summed E-state index contributed by atoms with van der Waals surface area (Å²) in [5.41, 5.74) is 11.1. The maximum absolute atomic E-state index is 12.0. The van der Waals surface area contributed by atoms with Crippen LogP contribution in [0.5, 0.6) is 0 Å². The molecular weight excluding hydrogens is 246 g/mol. The van der Waals surface area contributed by atoms with E-state index in [1.54, 1.807) is 6.92 Å². The Balaban J connectivity index is 2.87. The van der Waals surface area contributed by atoms with Gasteiger partial charge in [0.2, 0.25) is 5.91 Å². The first kappa shape index (κ1) is 14.9. The van der Waals surface area contributed by atoms with Crippen molar-refractivity contribution in [3.63, 3.8) is 0 Å². The molecule has 0 aromatic carbocycles. The van der Waals surface area contributed by atoms with Gasteiger partial charge in [0.25, 0.3) is 5.91 Å². The second kappa shape index (κ2) is 6.12. The Morgan fingerprint density at radius 2 is 2.00 bits per heavy atom. The molecule has 2 amide bonds. The first-order chi connectivity index (χ1) is 8.81. The van der Waals surface area contributed by atoms with Gasteiger partial charge in [0.1, 0.15) is 5.82 Å². The van der Waals surface area contributed by atoms with Crippen molar-refractivity contribution in [2.75, 3.05) is 5.73 Å². The quantitative estimate of drug-likeness (QED) is 0.700. The molecule has 0 aliphatic rings. The van der Waals surface area contributed by atoms with Crippen molar-refractivity contribution in [1.29, 1.82) is 0 Å². The van der Waals surface area contributed by atoms with E-state index in [1.807, 2.05) is 13.8 Å². The molecule has 1 atom stereocenters. The molecule has 1 heterocycles. The van der Waals surface area contributed by atoms with Crippen LogP contribution in [-0.2, 0) is 4.79 Å². The van der Waals surface area contributed by atoms with E-state index in [0.29, 0.717) is 5.82 Å². The average molecular weight is 265 g/mol. The number of rotatable bonds is 5. The standard InChI is InChI=1S/C12H19N5O2/c1-6(2)11-15-5-8(13)10(17-11)12(19)16-7(3)4-9(14)18/h5-7H,4,13H2,1-3H3,(H2,14,18)(H,16,19). The van der Waals surface area contributed by atoms with Crippen LogP contribution in [0, 0.1) is 0 Å². The van der Waals surface area contributed by atoms with Gasteiger partial charge in [0, 0.05) is 18.4 Å². The highest BCUT2D eigenvalue weighted by Crippen LogP contribution is 2.13. The van der Waals surface area contributed by atoms with Crippen LogP contribution < -0.4 is 16.8 Å². The van der Waals surface area contributed by atoms with Crippen LogP contribution in [-0.4, -0.2) is 27.8 Å². The number of hydrogen-bond donors (Lipinski definition) is 3. The van der Waals surface area contributed by atoms with Crippen LogP contribution in [0.4, 0.5) is 5.69 Å². The van der Waals surface area contributed by atoms with E-state index in [2.05, 4.69) is 15.3 Å². The van der Waals surface area contributed by atoms with Gasteiger partial charge < -0.3 is 16.8 Å². The number of carbonyl (C=O) groups is 2. The lowest BCUT2D eigenvalue weighted by molar-refractivity contribution is -0.118. The van der Waals surface area contributed by atoms with Gasteiger partial charge in [0.15, 0.2) is 5.69 Å². The lowest BCUT2D eigenvalue weighted by Crippen LogP contribution is -2.36. The Labute approximate surface area is 111 Å². The van der Waals surface area contributed by atoms with Crippen molar-refractivity contribution in [3.05, 3.63) is 17.7 Å². The number of amides is 2. The van der Waals surface area contributed by atoms with Crippen molar-refractivity contribution in [3.8, 4) is 0 Å². The fourth-order valence-corrected chi connectivity index (χ4v) is 1.51. The van der Waals surface area contributed by atoms with Gasteiger partial charge in [-0.3, -0.25) is 9.59 Å². The molecule has 1 rings (SSSR count). The Hall–Kier alpha value is -2.18. The van der Waals surface area contributed by atoms with Gasteiger partial charge in [-0.15, -0.1) is 0 Å². The maximum atomic E-state index is 12.0. The second-order valence-corrected chi connectivity index (χ2v) is 4.73. The molecule has 7 nitrogen and oxygen atoms in total. The van der Waals surface area contributed by atoms with Gasteiger partial charge in [-0.2, -0.15) is 0 Å². The van der Waals surface area contributed by atoms with E-state index in [1.165, 1.54) is 6.20 Å². The molecule has 0 saturated heterocycles. The lowest BCUT2D eigenvalue weighted by atomic mass is 10.2. The van der Waals surface area contributed by atoms with E-state index in [-0.39, 0.29) is 29.8 Å². The predicted octanol–water partition coefficient (Wildman–Crippen LogP) is 0.176. The minimum atomic E-state index is -0.480. The number of anilines is 1. The molecule has 5 N–H and O–H groups in total. The van der Waals surface area contributed by atoms with E-state index in [9.17, 15) is 9.59 Å². The van der Waals surface area contributed by atoms with Crippen molar-refractivity contribution >= 4 is 17.5 Å². The highest BCUT2D eigenvalue weighted by Gasteiger charge is 2.17. The van der Waals surface area contributed by atoms with E-state index in [4.69, 9.17) is 11.5 Å². The molecule has 0 bridgehead atoms. The van der Waals surface area contributed by atoms with Crippen molar-refractivity contribution in [2.45, 2.75) is 39.2 Å². The summed E-state index contributed by atoms with van der Waals surface area (Å²) in [5, 5.41) is 2.62. The summed E-state index contributed by atoms with van der Waals surface area (Å²) in [5.74, 6) is -0.279. The van der Waals surface area contributed by atoms with Crippen molar-refractivity contribution in [1.82, 2.24) is 15.3 Å². The number of nitrogens with two attached hydrogens (primary N) is 2. The Morgan fingerprint density at radius 3 is 2.53 bits per heavy atom. The molecule has 0 fully saturated rings. The molecule has 1 aromatic heterocycles. The monoisotopic (exact) mass is 265 g/mol. The van der Waals surface area contributed by atoms with Crippen molar-refractivity contribution in [2.24, 2.45) is 5.73 Å². The van der Waals surface area contributed by atoms with Gasteiger partial charge >= 0.3 is 0 Å². The minimum Gasteiger partial charge on any atom is -0.396 e. The summed E-state index contributed by atoms with van der Waals surface area (Å²) in [6.07, 6.45) is 1.48. The molecule has 7 heteroatoms. The number of hydrogen-bond acceptors (Lipinski definition) is 5. The SMILES string of the molecule is CC(CC(N)=O)NC(=O)c1nc(C(C)C)ncc1N. The molecule has 1 aromatic rings. The normalized spacial score (nSPS) is 12.2. The highest BCUT2D eigenvalue weighted by molar-refractivity contribution is 5.97. The van der Waals surface area contributed by atoms with Crippen molar-refractivity contribution < 1.29 is 9.59 Å². The smallest absolute Gasteiger partial charge is 0.272 e. The fourth-order valence-electron chi connectivity index (χ4n) is 1.51. The Bertz CT molecular complexity index is 487. The number of primary amides is 1.